The topological polar surface area (TPSA) is 67.8 Å². The van der Waals surface area contributed by atoms with E-state index >= 15 is 0 Å². The summed E-state index contributed by atoms with van der Waals surface area (Å²) in [5.41, 5.74) is 6.07. The number of nitrogens with zero attached hydrogens (tertiary/aromatic N) is 2. The van der Waals surface area contributed by atoms with E-state index in [2.05, 4.69) is 45.9 Å². The summed E-state index contributed by atoms with van der Waals surface area (Å²) in [5, 5.41) is 7.59. The van der Waals surface area contributed by atoms with Gasteiger partial charge in [0.05, 0.1) is 18.5 Å². The number of aryl methyl sites for hydroxylation is 2. The minimum Gasteiger partial charge on any atom is -0.497 e. The highest BCUT2D eigenvalue weighted by atomic mass is 16.5. The van der Waals surface area contributed by atoms with Gasteiger partial charge in [-0.05, 0) is 92.4 Å². The van der Waals surface area contributed by atoms with Crippen LogP contribution in [-0.2, 0) is 20.0 Å². The molecule has 2 aliphatic rings. The molecule has 0 radical (unpaired) electrons. The van der Waals surface area contributed by atoms with Crippen molar-refractivity contribution in [2.24, 2.45) is 7.05 Å². The van der Waals surface area contributed by atoms with Gasteiger partial charge in [0.15, 0.2) is 0 Å². The molecule has 202 valence electrons. The first kappa shape index (κ1) is 25.3. The summed E-state index contributed by atoms with van der Waals surface area (Å²) in [4.78, 5) is 15.9. The van der Waals surface area contributed by atoms with Crippen LogP contribution in [0.15, 0.2) is 66.7 Å². The molecule has 3 heterocycles. The lowest BCUT2D eigenvalue weighted by molar-refractivity contribution is 0.101. The predicted molar refractivity (Wildman–Crippen MR) is 156 cm³/mol. The van der Waals surface area contributed by atoms with Crippen LogP contribution >= 0.6 is 0 Å². The molecule has 1 saturated heterocycles. The molecule has 0 saturated carbocycles. The lowest BCUT2D eigenvalue weighted by Crippen LogP contribution is -2.34. The molecule has 2 N–H and O–H groups in total. The largest absolute Gasteiger partial charge is 0.497 e. The van der Waals surface area contributed by atoms with Crippen LogP contribution in [0, 0.1) is 0 Å². The van der Waals surface area contributed by atoms with Crippen LogP contribution in [-0.4, -0.2) is 43.3 Å². The van der Waals surface area contributed by atoms with Crippen LogP contribution in [0.5, 0.6) is 11.5 Å². The highest BCUT2D eigenvalue weighted by Crippen LogP contribution is 2.36. The first-order valence-electron chi connectivity index (χ1n) is 13.9. The standard InChI is InChI=1S/C32H36N4O3/c1-35-29-13-12-27(38-2)19-24(29)20-30(35)32(37)34-28-7-3-5-23-6-4-18-36(31(23)28)21-22-8-10-25(11-9-22)39-26-14-16-33-17-15-26/h3,5,7-13,19-20,26,33H,4,6,14-18,21H2,1-2H3,(H,34,37). The van der Waals surface area contributed by atoms with Gasteiger partial charge in [-0.1, -0.05) is 24.3 Å². The number of benzene rings is 3. The second kappa shape index (κ2) is 11.0. The molecule has 0 atom stereocenters. The minimum absolute atomic E-state index is 0.119. The van der Waals surface area contributed by atoms with E-state index in [0.29, 0.717) is 11.8 Å². The number of hydrogen-bond acceptors (Lipinski definition) is 5. The molecule has 0 spiro atoms. The fourth-order valence-electron chi connectivity index (χ4n) is 5.86. The molecular formula is C32H36N4O3. The Labute approximate surface area is 229 Å². The number of aromatic nitrogens is 1. The zero-order valence-electron chi connectivity index (χ0n) is 22.7. The molecule has 0 aliphatic carbocycles. The van der Waals surface area contributed by atoms with Gasteiger partial charge >= 0.3 is 0 Å². The Bertz CT molecular complexity index is 1470. The second-order valence-electron chi connectivity index (χ2n) is 10.5. The van der Waals surface area contributed by atoms with Gasteiger partial charge in [-0.25, -0.2) is 0 Å². The SMILES string of the molecule is COc1ccc2c(c1)cc(C(=O)Nc1cccc3c1N(Cc1ccc(OC4CCNCC4)cc1)CCC3)n2C. The molecule has 7 nitrogen and oxygen atoms in total. The number of para-hydroxylation sites is 1. The van der Waals surface area contributed by atoms with Gasteiger partial charge in [0.2, 0.25) is 0 Å². The molecule has 2 aliphatic heterocycles. The van der Waals surface area contributed by atoms with E-state index in [1.165, 1.54) is 11.1 Å². The molecule has 1 fully saturated rings. The summed E-state index contributed by atoms with van der Waals surface area (Å²) in [5.74, 6) is 1.59. The Kier molecular flexibility index (Phi) is 7.16. The molecule has 4 aromatic rings. The molecular weight excluding hydrogens is 488 g/mol. The number of fused-ring (bicyclic) bond motifs is 2. The van der Waals surface area contributed by atoms with Crippen molar-refractivity contribution >= 4 is 28.2 Å². The molecule has 0 unspecified atom stereocenters. The molecule has 0 bridgehead atoms. The molecule has 1 amide bonds. The highest BCUT2D eigenvalue weighted by Gasteiger charge is 2.23. The van der Waals surface area contributed by atoms with E-state index in [1.807, 2.05) is 48.0 Å². The first-order chi connectivity index (χ1) is 19.1. The number of amides is 1. The zero-order chi connectivity index (χ0) is 26.8. The van der Waals surface area contributed by atoms with Crippen LogP contribution in [0.2, 0.25) is 0 Å². The normalized spacial score (nSPS) is 15.7. The van der Waals surface area contributed by atoms with Crippen molar-refractivity contribution in [2.75, 3.05) is 37.0 Å². The van der Waals surface area contributed by atoms with Gasteiger partial charge in [0.25, 0.3) is 5.91 Å². The predicted octanol–water partition coefficient (Wildman–Crippen LogP) is 5.52. The number of hydrogen-bond donors (Lipinski definition) is 2. The second-order valence-corrected chi connectivity index (χ2v) is 10.5. The lowest BCUT2D eigenvalue weighted by atomic mass is 9.99. The number of carbonyl (C=O) groups is 1. The van der Waals surface area contributed by atoms with Crippen LogP contribution < -0.4 is 25.0 Å². The van der Waals surface area contributed by atoms with Crippen molar-refractivity contribution < 1.29 is 14.3 Å². The van der Waals surface area contributed by atoms with Crippen molar-refractivity contribution in [2.45, 2.75) is 38.3 Å². The Morgan fingerprint density at radius 2 is 1.82 bits per heavy atom. The van der Waals surface area contributed by atoms with E-state index in [4.69, 9.17) is 9.47 Å². The Hall–Kier alpha value is -3.97. The summed E-state index contributed by atoms with van der Waals surface area (Å²) in [6.45, 7) is 3.76. The quantitative estimate of drug-likeness (QED) is 0.333. The first-order valence-corrected chi connectivity index (χ1v) is 13.9. The van der Waals surface area contributed by atoms with Gasteiger partial charge in [0, 0.05) is 31.0 Å². The van der Waals surface area contributed by atoms with Crippen molar-refractivity contribution in [3.8, 4) is 11.5 Å². The van der Waals surface area contributed by atoms with Gasteiger partial charge in [0.1, 0.15) is 23.3 Å². The van der Waals surface area contributed by atoms with Gasteiger partial charge in [-0.2, -0.15) is 0 Å². The van der Waals surface area contributed by atoms with Crippen LogP contribution in [0.4, 0.5) is 11.4 Å². The zero-order valence-corrected chi connectivity index (χ0v) is 22.7. The summed E-state index contributed by atoms with van der Waals surface area (Å²) in [6, 6.07) is 22.5. The molecule has 39 heavy (non-hydrogen) atoms. The molecule has 7 heteroatoms. The number of piperidine rings is 1. The fraction of sp³-hybridized carbons (Fsp3) is 0.344. The smallest absolute Gasteiger partial charge is 0.272 e. The Balaban J connectivity index is 1.21. The highest BCUT2D eigenvalue weighted by molar-refractivity contribution is 6.08. The Morgan fingerprint density at radius 1 is 1.03 bits per heavy atom. The third-order valence-corrected chi connectivity index (χ3v) is 7.93. The summed E-state index contributed by atoms with van der Waals surface area (Å²) >= 11 is 0. The van der Waals surface area contributed by atoms with Gasteiger partial charge in [-0.15, -0.1) is 0 Å². The molecule has 1 aromatic heterocycles. The summed E-state index contributed by atoms with van der Waals surface area (Å²) in [7, 11) is 3.58. The average Bonchev–Trinajstić information content (AvgIpc) is 3.30. The number of anilines is 2. The van der Waals surface area contributed by atoms with Crippen molar-refractivity contribution in [3.63, 3.8) is 0 Å². The van der Waals surface area contributed by atoms with Crippen molar-refractivity contribution in [1.82, 2.24) is 9.88 Å². The van der Waals surface area contributed by atoms with E-state index in [9.17, 15) is 4.79 Å². The maximum absolute atomic E-state index is 13.5. The maximum atomic E-state index is 13.5. The van der Waals surface area contributed by atoms with Crippen LogP contribution in [0.3, 0.4) is 0 Å². The lowest BCUT2D eigenvalue weighted by Gasteiger charge is -2.33. The monoisotopic (exact) mass is 524 g/mol. The van der Waals surface area contributed by atoms with E-state index in [1.54, 1.807) is 7.11 Å². The maximum Gasteiger partial charge on any atom is 0.272 e. The molecule has 3 aromatic carbocycles. The molecule has 6 rings (SSSR count). The van der Waals surface area contributed by atoms with E-state index in [-0.39, 0.29) is 5.91 Å². The third kappa shape index (κ3) is 5.32. The van der Waals surface area contributed by atoms with Crippen molar-refractivity contribution in [3.05, 3.63) is 83.6 Å². The summed E-state index contributed by atoms with van der Waals surface area (Å²) in [6.07, 6.45) is 4.49. The number of carbonyl (C=O) groups excluding carboxylic acids is 1. The number of ether oxygens (including phenoxy) is 2. The minimum atomic E-state index is -0.119. The Morgan fingerprint density at radius 3 is 2.62 bits per heavy atom. The van der Waals surface area contributed by atoms with E-state index < -0.39 is 0 Å². The number of nitrogens with one attached hydrogen (secondary N) is 2. The average molecular weight is 525 g/mol. The van der Waals surface area contributed by atoms with Crippen molar-refractivity contribution in [1.29, 1.82) is 0 Å². The third-order valence-electron chi connectivity index (χ3n) is 7.93. The van der Waals surface area contributed by atoms with Gasteiger partial charge in [-0.3, -0.25) is 4.79 Å². The van der Waals surface area contributed by atoms with E-state index in [0.717, 1.165) is 85.6 Å². The number of rotatable bonds is 7. The van der Waals surface area contributed by atoms with Crippen LogP contribution in [0.1, 0.15) is 40.9 Å². The van der Waals surface area contributed by atoms with Crippen LogP contribution in [0.25, 0.3) is 10.9 Å². The van der Waals surface area contributed by atoms with Gasteiger partial charge < -0.3 is 29.6 Å². The summed E-state index contributed by atoms with van der Waals surface area (Å²) < 4.78 is 13.5. The fourth-order valence-corrected chi connectivity index (χ4v) is 5.86. The number of methoxy groups -OCH3 is 1.